The molecule has 2 atom stereocenters. The van der Waals surface area contributed by atoms with Gasteiger partial charge >= 0.3 is 0 Å². The molecule has 2 N–H and O–H groups in total. The molecule has 2 aromatic rings. The minimum Gasteiger partial charge on any atom is -0.347 e. The van der Waals surface area contributed by atoms with E-state index in [0.717, 1.165) is 6.42 Å². The van der Waals surface area contributed by atoms with Crippen molar-refractivity contribution < 1.29 is 9.59 Å². The molecule has 1 saturated heterocycles. The van der Waals surface area contributed by atoms with E-state index in [2.05, 4.69) is 25.6 Å². The van der Waals surface area contributed by atoms with Gasteiger partial charge in [-0.25, -0.2) is 4.98 Å². The lowest BCUT2D eigenvalue weighted by atomic mass is 10.0. The summed E-state index contributed by atoms with van der Waals surface area (Å²) in [6, 6.07) is 1.47. The third-order valence-electron chi connectivity index (χ3n) is 4.83. The Hall–Kier alpha value is -2.71. The monoisotopic (exact) mass is 359 g/mol. The first-order chi connectivity index (χ1) is 12.5. The molecule has 1 aliphatic rings. The summed E-state index contributed by atoms with van der Waals surface area (Å²) in [5, 5.41) is 13.8. The summed E-state index contributed by atoms with van der Waals surface area (Å²) in [6.07, 6.45) is 7.21. The Bertz CT molecular complexity index is 728. The fourth-order valence-electron chi connectivity index (χ4n) is 3.35. The molecule has 0 aliphatic carbocycles. The SMILES string of the molecule is CCC(C(=O)NC1(C)CCN(C(=O)CCc2ncn[nH]2)C1)n1cccn1. The number of hydrogen-bond donors (Lipinski definition) is 2. The lowest BCUT2D eigenvalue weighted by Gasteiger charge is -2.28. The zero-order valence-electron chi connectivity index (χ0n) is 15.2. The molecule has 1 aliphatic heterocycles. The van der Waals surface area contributed by atoms with Crippen LogP contribution < -0.4 is 5.32 Å². The summed E-state index contributed by atoms with van der Waals surface area (Å²) >= 11 is 0. The number of likely N-dealkylation sites (tertiary alicyclic amines) is 1. The zero-order chi connectivity index (χ0) is 18.6. The topological polar surface area (TPSA) is 109 Å². The van der Waals surface area contributed by atoms with Gasteiger partial charge < -0.3 is 10.2 Å². The van der Waals surface area contributed by atoms with E-state index in [1.807, 2.05) is 24.8 Å². The molecule has 0 radical (unpaired) electrons. The number of rotatable bonds is 7. The predicted molar refractivity (Wildman–Crippen MR) is 94.0 cm³/mol. The van der Waals surface area contributed by atoms with Crippen LogP contribution >= 0.6 is 0 Å². The van der Waals surface area contributed by atoms with Crippen LogP contribution in [0, 0.1) is 0 Å². The molecule has 9 nitrogen and oxygen atoms in total. The van der Waals surface area contributed by atoms with Crippen molar-refractivity contribution >= 4 is 11.8 Å². The molecule has 9 heteroatoms. The Kier molecular flexibility index (Phi) is 5.34. The average Bonchev–Trinajstić information content (AvgIpc) is 3.35. The van der Waals surface area contributed by atoms with Gasteiger partial charge in [0, 0.05) is 38.3 Å². The van der Waals surface area contributed by atoms with E-state index in [4.69, 9.17) is 0 Å². The minimum atomic E-state index is -0.417. The molecular weight excluding hydrogens is 334 g/mol. The van der Waals surface area contributed by atoms with E-state index < -0.39 is 5.54 Å². The molecule has 1 fully saturated rings. The first-order valence-electron chi connectivity index (χ1n) is 8.94. The Balaban J connectivity index is 1.54. The molecule has 0 spiro atoms. The van der Waals surface area contributed by atoms with E-state index in [0.29, 0.717) is 38.2 Å². The number of hydrogen-bond acceptors (Lipinski definition) is 5. The van der Waals surface area contributed by atoms with Gasteiger partial charge in [0.05, 0.1) is 5.54 Å². The molecule has 2 unspecified atom stereocenters. The van der Waals surface area contributed by atoms with E-state index in [1.165, 1.54) is 6.33 Å². The molecule has 3 rings (SSSR count). The molecule has 140 valence electrons. The van der Waals surface area contributed by atoms with Gasteiger partial charge in [0.25, 0.3) is 0 Å². The molecule has 26 heavy (non-hydrogen) atoms. The molecular formula is C17H25N7O2. The van der Waals surface area contributed by atoms with Gasteiger partial charge in [-0.05, 0) is 25.8 Å². The first kappa shape index (κ1) is 18.1. The lowest BCUT2D eigenvalue weighted by Crippen LogP contribution is -2.50. The van der Waals surface area contributed by atoms with E-state index in [1.54, 1.807) is 17.1 Å². The van der Waals surface area contributed by atoms with E-state index in [9.17, 15) is 9.59 Å². The summed E-state index contributed by atoms with van der Waals surface area (Å²) in [4.78, 5) is 31.0. The number of aromatic nitrogens is 5. The highest BCUT2D eigenvalue weighted by Crippen LogP contribution is 2.23. The predicted octanol–water partition coefficient (Wildman–Crippen LogP) is 0.692. The van der Waals surface area contributed by atoms with Crippen LogP contribution in [0.5, 0.6) is 0 Å². The van der Waals surface area contributed by atoms with Gasteiger partial charge in [-0.1, -0.05) is 6.92 Å². The zero-order valence-corrected chi connectivity index (χ0v) is 15.2. The Labute approximate surface area is 152 Å². The maximum absolute atomic E-state index is 12.7. The molecule has 0 saturated carbocycles. The van der Waals surface area contributed by atoms with Gasteiger partial charge in [0.2, 0.25) is 11.8 Å². The van der Waals surface area contributed by atoms with Crippen LogP contribution in [0.4, 0.5) is 0 Å². The van der Waals surface area contributed by atoms with Crippen molar-refractivity contribution in [3.05, 3.63) is 30.6 Å². The maximum Gasteiger partial charge on any atom is 0.245 e. The van der Waals surface area contributed by atoms with Gasteiger partial charge in [0.1, 0.15) is 18.2 Å². The van der Waals surface area contributed by atoms with Crippen LogP contribution in [-0.4, -0.2) is 60.3 Å². The largest absolute Gasteiger partial charge is 0.347 e. The number of aromatic amines is 1. The smallest absolute Gasteiger partial charge is 0.245 e. The Morgan fingerprint density at radius 1 is 1.46 bits per heavy atom. The summed E-state index contributed by atoms with van der Waals surface area (Å²) < 4.78 is 1.67. The fraction of sp³-hybridized carbons (Fsp3) is 0.588. The minimum absolute atomic E-state index is 0.0605. The highest BCUT2D eigenvalue weighted by atomic mass is 16.2. The van der Waals surface area contributed by atoms with Crippen LogP contribution in [-0.2, 0) is 16.0 Å². The first-order valence-corrected chi connectivity index (χ1v) is 8.94. The van der Waals surface area contributed by atoms with Crippen LogP contribution in [0.1, 0.15) is 45.0 Å². The fourth-order valence-corrected chi connectivity index (χ4v) is 3.35. The summed E-state index contributed by atoms with van der Waals surface area (Å²) in [7, 11) is 0. The van der Waals surface area contributed by atoms with Crippen molar-refractivity contribution in [2.45, 2.75) is 51.1 Å². The third-order valence-corrected chi connectivity index (χ3v) is 4.83. The van der Waals surface area contributed by atoms with E-state index in [-0.39, 0.29) is 17.9 Å². The molecule has 3 heterocycles. The van der Waals surface area contributed by atoms with Crippen LogP contribution in [0.2, 0.25) is 0 Å². The number of amides is 2. The summed E-state index contributed by atoms with van der Waals surface area (Å²) in [6.45, 7) is 5.11. The lowest BCUT2D eigenvalue weighted by molar-refractivity contribution is -0.131. The van der Waals surface area contributed by atoms with E-state index >= 15 is 0 Å². The molecule has 0 bridgehead atoms. The standard InChI is InChI=1S/C17H25N7O2/c1-3-13(24-9-4-8-20-24)16(26)21-17(2)7-10-23(11-17)15(25)6-5-14-18-12-19-22-14/h4,8-9,12-13H,3,5-7,10-11H2,1-2H3,(H,21,26)(H,18,19,22). The number of aryl methyl sites for hydroxylation is 1. The molecule has 2 aromatic heterocycles. The molecule has 2 amide bonds. The maximum atomic E-state index is 12.7. The highest BCUT2D eigenvalue weighted by molar-refractivity contribution is 5.81. The third kappa shape index (κ3) is 4.09. The second kappa shape index (κ2) is 7.67. The van der Waals surface area contributed by atoms with Gasteiger partial charge in [-0.3, -0.25) is 19.4 Å². The van der Waals surface area contributed by atoms with Gasteiger partial charge in [-0.2, -0.15) is 10.2 Å². The second-order valence-electron chi connectivity index (χ2n) is 6.96. The van der Waals surface area contributed by atoms with Crippen molar-refractivity contribution in [2.24, 2.45) is 0 Å². The number of nitrogens with one attached hydrogen (secondary N) is 2. The Morgan fingerprint density at radius 2 is 2.31 bits per heavy atom. The van der Waals surface area contributed by atoms with Crippen molar-refractivity contribution in [3.8, 4) is 0 Å². The van der Waals surface area contributed by atoms with Crippen molar-refractivity contribution in [1.82, 2.24) is 35.2 Å². The summed E-state index contributed by atoms with van der Waals surface area (Å²) in [5.41, 5.74) is -0.417. The van der Waals surface area contributed by atoms with Gasteiger partial charge in [-0.15, -0.1) is 0 Å². The van der Waals surface area contributed by atoms with Crippen LogP contribution in [0.25, 0.3) is 0 Å². The van der Waals surface area contributed by atoms with Crippen molar-refractivity contribution in [2.75, 3.05) is 13.1 Å². The van der Waals surface area contributed by atoms with Crippen LogP contribution in [0.15, 0.2) is 24.8 Å². The average molecular weight is 359 g/mol. The normalized spacial score (nSPS) is 20.9. The highest BCUT2D eigenvalue weighted by Gasteiger charge is 2.38. The van der Waals surface area contributed by atoms with Crippen LogP contribution in [0.3, 0.4) is 0 Å². The second-order valence-corrected chi connectivity index (χ2v) is 6.96. The quantitative estimate of drug-likeness (QED) is 0.756. The Morgan fingerprint density at radius 3 is 2.96 bits per heavy atom. The summed E-state index contributed by atoms with van der Waals surface area (Å²) in [5.74, 6) is 0.715. The van der Waals surface area contributed by atoms with Gasteiger partial charge in [0.15, 0.2) is 0 Å². The van der Waals surface area contributed by atoms with Crippen molar-refractivity contribution in [3.63, 3.8) is 0 Å². The number of nitrogens with zero attached hydrogens (tertiary/aromatic N) is 5. The number of H-pyrrole nitrogens is 1. The number of carbonyl (C=O) groups excluding carboxylic acids is 2. The molecule has 0 aromatic carbocycles. The van der Waals surface area contributed by atoms with Crippen molar-refractivity contribution in [1.29, 1.82) is 0 Å². The number of carbonyl (C=O) groups is 2.